The molecule has 12 heteroatoms. The van der Waals surface area contributed by atoms with Gasteiger partial charge in [0.2, 0.25) is 5.95 Å². The SMILES string of the molecule is COC(=O)NC(C)CNc1nccc(-c2nc(C(C)(C)C)[nH]c2-c2nc(OC)c(N)nc2C)n1. The van der Waals surface area contributed by atoms with Crippen molar-refractivity contribution in [2.75, 3.05) is 31.8 Å². The average Bonchev–Trinajstić information content (AvgIpc) is 3.24. The van der Waals surface area contributed by atoms with Crippen molar-refractivity contribution in [1.82, 2.24) is 35.2 Å². The highest BCUT2D eigenvalue weighted by Crippen LogP contribution is 2.34. The van der Waals surface area contributed by atoms with Gasteiger partial charge >= 0.3 is 6.09 Å². The van der Waals surface area contributed by atoms with E-state index in [-0.39, 0.29) is 23.2 Å². The summed E-state index contributed by atoms with van der Waals surface area (Å²) >= 11 is 0. The number of rotatable bonds is 7. The number of aromatic nitrogens is 6. The van der Waals surface area contributed by atoms with Gasteiger partial charge in [-0.2, -0.15) is 0 Å². The van der Waals surface area contributed by atoms with Crippen molar-refractivity contribution in [1.29, 1.82) is 0 Å². The van der Waals surface area contributed by atoms with Gasteiger partial charge < -0.3 is 30.8 Å². The number of H-pyrrole nitrogens is 1. The van der Waals surface area contributed by atoms with Crippen molar-refractivity contribution in [2.24, 2.45) is 0 Å². The number of nitrogen functional groups attached to an aromatic ring is 1. The number of imidazole rings is 1. The number of carbonyl (C=O) groups is 1. The van der Waals surface area contributed by atoms with Crippen LogP contribution in [0.3, 0.4) is 0 Å². The molecule has 0 saturated carbocycles. The highest BCUT2D eigenvalue weighted by Gasteiger charge is 2.26. The molecular weight excluding hydrogens is 438 g/mol. The number of nitrogens with zero attached hydrogens (tertiary/aromatic N) is 5. The van der Waals surface area contributed by atoms with Crippen LogP contribution in [-0.4, -0.2) is 62.8 Å². The number of alkyl carbamates (subject to hydrolysis) is 1. The lowest BCUT2D eigenvalue weighted by Gasteiger charge is -2.14. The van der Waals surface area contributed by atoms with Crippen LogP contribution in [0, 0.1) is 6.92 Å². The summed E-state index contributed by atoms with van der Waals surface area (Å²) < 4.78 is 9.90. The van der Waals surface area contributed by atoms with Crippen LogP contribution in [0.4, 0.5) is 16.6 Å². The molecule has 0 aliphatic heterocycles. The van der Waals surface area contributed by atoms with Crippen LogP contribution < -0.4 is 21.1 Å². The molecule has 3 rings (SSSR count). The highest BCUT2D eigenvalue weighted by atomic mass is 16.5. The van der Waals surface area contributed by atoms with Gasteiger partial charge in [-0.3, -0.25) is 0 Å². The van der Waals surface area contributed by atoms with E-state index in [9.17, 15) is 4.79 Å². The number of hydrogen-bond acceptors (Lipinski definition) is 10. The second-order valence-corrected chi connectivity index (χ2v) is 8.79. The number of aromatic amines is 1. The van der Waals surface area contributed by atoms with Crippen LogP contribution in [0.25, 0.3) is 22.8 Å². The van der Waals surface area contributed by atoms with Crippen molar-refractivity contribution < 1.29 is 14.3 Å². The first-order valence-corrected chi connectivity index (χ1v) is 10.7. The molecule has 182 valence electrons. The molecule has 3 heterocycles. The molecule has 0 bridgehead atoms. The van der Waals surface area contributed by atoms with Gasteiger partial charge in [-0.1, -0.05) is 20.8 Å². The zero-order valence-electron chi connectivity index (χ0n) is 20.5. The normalized spacial score (nSPS) is 12.2. The lowest BCUT2D eigenvalue weighted by molar-refractivity contribution is 0.168. The van der Waals surface area contributed by atoms with Gasteiger partial charge in [0.25, 0.3) is 5.88 Å². The largest absolute Gasteiger partial charge is 0.478 e. The predicted molar refractivity (Wildman–Crippen MR) is 129 cm³/mol. The second-order valence-electron chi connectivity index (χ2n) is 8.79. The third-order valence-electron chi connectivity index (χ3n) is 4.92. The monoisotopic (exact) mass is 469 g/mol. The molecule has 3 aromatic rings. The van der Waals surface area contributed by atoms with Gasteiger partial charge in [-0.15, -0.1) is 0 Å². The summed E-state index contributed by atoms with van der Waals surface area (Å²) in [6.07, 6.45) is 1.13. The van der Waals surface area contributed by atoms with Gasteiger partial charge in [0.15, 0.2) is 5.82 Å². The van der Waals surface area contributed by atoms with Gasteiger partial charge in [-0.05, 0) is 19.9 Å². The van der Waals surface area contributed by atoms with E-state index in [2.05, 4.69) is 61.1 Å². The van der Waals surface area contributed by atoms with Gasteiger partial charge in [0.05, 0.1) is 31.3 Å². The molecule has 0 fully saturated rings. The number of carbonyl (C=O) groups excluding carboxylic acids is 1. The molecule has 5 N–H and O–H groups in total. The summed E-state index contributed by atoms with van der Waals surface area (Å²) in [5.41, 5.74) is 8.70. The Morgan fingerprint density at radius 3 is 2.56 bits per heavy atom. The van der Waals surface area contributed by atoms with Crippen molar-refractivity contribution >= 4 is 17.9 Å². The number of amides is 1. The Hall–Kier alpha value is -3.96. The number of nitrogens with one attached hydrogen (secondary N) is 3. The van der Waals surface area contributed by atoms with Gasteiger partial charge in [-0.25, -0.2) is 29.7 Å². The van der Waals surface area contributed by atoms with E-state index < -0.39 is 6.09 Å². The van der Waals surface area contributed by atoms with Crippen molar-refractivity contribution in [2.45, 2.75) is 46.1 Å². The minimum atomic E-state index is -0.504. The first-order chi connectivity index (χ1) is 16.0. The van der Waals surface area contributed by atoms with Crippen LogP contribution >= 0.6 is 0 Å². The predicted octanol–water partition coefficient (Wildman–Crippen LogP) is 2.68. The molecule has 1 atom stereocenters. The molecule has 1 amide bonds. The number of methoxy groups -OCH3 is 2. The van der Waals surface area contributed by atoms with E-state index in [1.54, 1.807) is 12.3 Å². The molecular formula is C22H31N9O3. The summed E-state index contributed by atoms with van der Waals surface area (Å²) in [6, 6.07) is 1.57. The number of nitrogens with two attached hydrogens (primary N) is 1. The van der Waals surface area contributed by atoms with Crippen LogP contribution in [0.1, 0.15) is 39.2 Å². The van der Waals surface area contributed by atoms with E-state index in [1.807, 2.05) is 13.8 Å². The van der Waals surface area contributed by atoms with E-state index in [0.29, 0.717) is 41.0 Å². The summed E-state index contributed by atoms with van der Waals surface area (Å²) in [5, 5.41) is 5.81. The summed E-state index contributed by atoms with van der Waals surface area (Å²) in [5.74, 6) is 1.60. The van der Waals surface area contributed by atoms with Crippen LogP contribution in [0.5, 0.6) is 5.88 Å². The topological polar surface area (TPSA) is 166 Å². The van der Waals surface area contributed by atoms with Crippen LogP contribution in [0.15, 0.2) is 12.3 Å². The van der Waals surface area contributed by atoms with Gasteiger partial charge in [0.1, 0.15) is 17.2 Å². The second kappa shape index (κ2) is 9.89. The van der Waals surface area contributed by atoms with E-state index in [4.69, 9.17) is 15.5 Å². The lowest BCUT2D eigenvalue weighted by Crippen LogP contribution is -2.37. The fourth-order valence-corrected chi connectivity index (χ4v) is 3.12. The van der Waals surface area contributed by atoms with E-state index in [0.717, 1.165) is 5.82 Å². The molecule has 12 nitrogen and oxygen atoms in total. The Morgan fingerprint density at radius 2 is 1.91 bits per heavy atom. The third kappa shape index (κ3) is 5.50. The van der Waals surface area contributed by atoms with Crippen molar-refractivity contribution in [3.8, 4) is 28.7 Å². The molecule has 0 aromatic carbocycles. The lowest BCUT2D eigenvalue weighted by atomic mass is 9.96. The van der Waals surface area contributed by atoms with E-state index >= 15 is 0 Å². The number of anilines is 2. The standard InChI is InChI=1S/C22H31N9O3/c1-11(26-21(32)34-7)10-25-20-24-9-8-13(28-20)15-16(31-19(30-15)22(3,4)5)14-12(2)27-17(23)18(29-14)33-6/h8-9,11H,10H2,1-7H3,(H2,23,27)(H,26,32)(H,30,31)(H,24,25,28). The zero-order valence-corrected chi connectivity index (χ0v) is 20.5. The van der Waals surface area contributed by atoms with Gasteiger partial charge in [0, 0.05) is 24.2 Å². The fraction of sp³-hybridized carbons (Fsp3) is 0.455. The van der Waals surface area contributed by atoms with Crippen LogP contribution in [0.2, 0.25) is 0 Å². The Kier molecular flexibility index (Phi) is 7.18. The van der Waals surface area contributed by atoms with Crippen LogP contribution in [-0.2, 0) is 10.2 Å². The maximum absolute atomic E-state index is 11.4. The van der Waals surface area contributed by atoms with Crippen molar-refractivity contribution in [3.63, 3.8) is 0 Å². The number of hydrogen-bond donors (Lipinski definition) is 4. The zero-order chi connectivity index (χ0) is 25.0. The average molecular weight is 470 g/mol. The maximum atomic E-state index is 11.4. The molecule has 0 aliphatic rings. The molecule has 0 saturated heterocycles. The number of aryl methyl sites for hydroxylation is 1. The summed E-state index contributed by atoms with van der Waals surface area (Å²) in [4.78, 5) is 37.5. The first-order valence-electron chi connectivity index (χ1n) is 10.7. The summed E-state index contributed by atoms with van der Waals surface area (Å²) in [6.45, 7) is 10.2. The molecule has 34 heavy (non-hydrogen) atoms. The maximum Gasteiger partial charge on any atom is 0.407 e. The molecule has 1 unspecified atom stereocenters. The molecule has 0 radical (unpaired) electrons. The fourth-order valence-electron chi connectivity index (χ4n) is 3.12. The highest BCUT2D eigenvalue weighted by molar-refractivity contribution is 5.77. The third-order valence-corrected chi connectivity index (χ3v) is 4.92. The Bertz CT molecular complexity index is 1170. The molecule has 3 aromatic heterocycles. The Balaban J connectivity index is 2.01. The Morgan fingerprint density at radius 1 is 1.18 bits per heavy atom. The smallest absolute Gasteiger partial charge is 0.407 e. The number of ether oxygens (including phenoxy) is 2. The minimum absolute atomic E-state index is 0.201. The Labute approximate surface area is 198 Å². The minimum Gasteiger partial charge on any atom is -0.478 e. The molecule has 0 aliphatic carbocycles. The van der Waals surface area contributed by atoms with E-state index in [1.165, 1.54) is 14.2 Å². The molecule has 0 spiro atoms. The summed E-state index contributed by atoms with van der Waals surface area (Å²) in [7, 11) is 2.81. The quantitative estimate of drug-likeness (QED) is 0.404. The van der Waals surface area contributed by atoms with Crippen molar-refractivity contribution in [3.05, 3.63) is 23.8 Å². The first kappa shape index (κ1) is 24.7.